The van der Waals surface area contributed by atoms with E-state index in [0.29, 0.717) is 0 Å². The number of methoxy groups -OCH3 is 1. The van der Waals surface area contributed by atoms with Crippen LogP contribution in [0.5, 0.6) is 5.75 Å². The summed E-state index contributed by atoms with van der Waals surface area (Å²) in [5, 5.41) is 0.947. The monoisotopic (exact) mass is 191 g/mol. The maximum Gasteiger partial charge on any atom is 0.120 e. The fourth-order valence-corrected chi connectivity index (χ4v) is 1.98. The van der Waals surface area contributed by atoms with Crippen molar-refractivity contribution in [1.29, 1.82) is 0 Å². The number of hydrogen-bond acceptors (Lipinski definition) is 3. The Bertz CT molecular complexity index is 447. The van der Waals surface area contributed by atoms with Gasteiger partial charge in [-0.3, -0.25) is 0 Å². The number of ether oxygens (including phenoxy) is 1. The number of benzene rings is 1. The second-order valence-corrected chi connectivity index (χ2v) is 3.65. The number of rotatable bonds is 2. The molecule has 0 saturated heterocycles. The van der Waals surface area contributed by atoms with E-state index in [1.54, 1.807) is 24.5 Å². The van der Waals surface area contributed by atoms with Gasteiger partial charge in [0, 0.05) is 0 Å². The number of thiazole rings is 1. The second kappa shape index (κ2) is 3.18. The molecule has 0 N–H and O–H groups in total. The summed E-state index contributed by atoms with van der Waals surface area (Å²) in [6, 6.07) is 5.85. The first-order chi connectivity index (χ1) is 6.33. The van der Waals surface area contributed by atoms with Crippen molar-refractivity contribution in [1.82, 2.24) is 4.98 Å². The molecule has 1 aromatic carbocycles. The minimum atomic E-state index is 0.867. The maximum atomic E-state index is 5.12. The molecule has 13 heavy (non-hydrogen) atoms. The van der Waals surface area contributed by atoms with Gasteiger partial charge in [0.2, 0.25) is 0 Å². The zero-order valence-corrected chi connectivity index (χ0v) is 8.10. The fraction of sp³-hybridized carbons (Fsp3) is 0.100. The first-order valence-corrected chi connectivity index (χ1v) is 4.72. The van der Waals surface area contributed by atoms with E-state index in [2.05, 4.69) is 11.6 Å². The summed E-state index contributed by atoms with van der Waals surface area (Å²) in [5.41, 5.74) is 1.00. The molecule has 66 valence electrons. The quantitative estimate of drug-likeness (QED) is 0.728. The standard InChI is InChI=1S/C10H9NOS/c1-3-10-11-8-5-4-7(12-2)6-9(8)13-10/h3-6H,1H2,2H3. The predicted octanol–water partition coefficient (Wildman–Crippen LogP) is 2.95. The van der Waals surface area contributed by atoms with Crippen LogP contribution in [0.25, 0.3) is 16.3 Å². The normalized spacial score (nSPS) is 10.2. The van der Waals surface area contributed by atoms with E-state index < -0.39 is 0 Å². The first-order valence-electron chi connectivity index (χ1n) is 3.90. The van der Waals surface area contributed by atoms with E-state index in [-0.39, 0.29) is 0 Å². The highest BCUT2D eigenvalue weighted by molar-refractivity contribution is 7.19. The lowest BCUT2D eigenvalue weighted by molar-refractivity contribution is 0.415. The van der Waals surface area contributed by atoms with Crippen LogP contribution in [0.2, 0.25) is 0 Å². The average Bonchev–Trinajstić information content (AvgIpc) is 2.58. The Morgan fingerprint density at radius 2 is 2.38 bits per heavy atom. The van der Waals surface area contributed by atoms with Crippen LogP contribution in [-0.2, 0) is 0 Å². The van der Waals surface area contributed by atoms with Crippen molar-refractivity contribution >= 4 is 27.6 Å². The zero-order valence-electron chi connectivity index (χ0n) is 7.28. The molecule has 0 unspecified atom stereocenters. The van der Waals surface area contributed by atoms with Crippen LogP contribution in [0.3, 0.4) is 0 Å². The van der Waals surface area contributed by atoms with Gasteiger partial charge in [0.25, 0.3) is 0 Å². The third-order valence-electron chi connectivity index (χ3n) is 1.79. The third-order valence-corrected chi connectivity index (χ3v) is 2.80. The highest BCUT2D eigenvalue weighted by Gasteiger charge is 2.01. The molecule has 0 spiro atoms. The van der Waals surface area contributed by atoms with Crippen LogP contribution in [0, 0.1) is 0 Å². The van der Waals surface area contributed by atoms with Crippen molar-refractivity contribution in [2.24, 2.45) is 0 Å². The van der Waals surface area contributed by atoms with Crippen LogP contribution >= 0.6 is 11.3 Å². The average molecular weight is 191 g/mol. The summed E-state index contributed by atoms with van der Waals surface area (Å²) in [5.74, 6) is 0.867. The van der Waals surface area contributed by atoms with Gasteiger partial charge in [0.15, 0.2) is 0 Å². The molecular weight excluding hydrogens is 182 g/mol. The molecule has 3 heteroatoms. The van der Waals surface area contributed by atoms with E-state index in [9.17, 15) is 0 Å². The van der Waals surface area contributed by atoms with Gasteiger partial charge in [-0.1, -0.05) is 6.58 Å². The van der Waals surface area contributed by atoms with Crippen LogP contribution < -0.4 is 4.74 Å². The molecule has 0 amide bonds. The fourth-order valence-electron chi connectivity index (χ4n) is 1.14. The van der Waals surface area contributed by atoms with Gasteiger partial charge in [0.1, 0.15) is 10.8 Å². The van der Waals surface area contributed by atoms with Gasteiger partial charge >= 0.3 is 0 Å². The third kappa shape index (κ3) is 1.42. The number of hydrogen-bond donors (Lipinski definition) is 0. The van der Waals surface area contributed by atoms with Gasteiger partial charge in [-0.15, -0.1) is 11.3 Å². The molecule has 0 aliphatic carbocycles. The van der Waals surface area contributed by atoms with Gasteiger partial charge in [-0.2, -0.15) is 0 Å². The van der Waals surface area contributed by atoms with Crippen molar-refractivity contribution in [3.63, 3.8) is 0 Å². The van der Waals surface area contributed by atoms with E-state index in [1.807, 2.05) is 18.2 Å². The Morgan fingerprint density at radius 3 is 3.08 bits per heavy atom. The zero-order chi connectivity index (χ0) is 9.26. The van der Waals surface area contributed by atoms with Crippen LogP contribution in [0.1, 0.15) is 5.01 Å². The number of aromatic nitrogens is 1. The Kier molecular flexibility index (Phi) is 2.02. The summed E-state index contributed by atoms with van der Waals surface area (Å²) in [6.07, 6.45) is 1.76. The van der Waals surface area contributed by atoms with Gasteiger partial charge in [-0.05, 0) is 24.3 Å². The van der Waals surface area contributed by atoms with Gasteiger partial charge < -0.3 is 4.74 Å². The van der Waals surface area contributed by atoms with E-state index in [0.717, 1.165) is 21.0 Å². The Hall–Kier alpha value is -1.35. The molecule has 1 heterocycles. The molecule has 2 rings (SSSR count). The highest BCUT2D eigenvalue weighted by Crippen LogP contribution is 2.26. The first kappa shape index (κ1) is 8.26. The maximum absolute atomic E-state index is 5.12. The summed E-state index contributed by atoms with van der Waals surface area (Å²) in [6.45, 7) is 3.69. The summed E-state index contributed by atoms with van der Waals surface area (Å²) >= 11 is 1.62. The molecule has 0 saturated carbocycles. The SMILES string of the molecule is C=Cc1nc2ccc(OC)cc2s1. The van der Waals surface area contributed by atoms with Crippen LogP contribution in [0.15, 0.2) is 24.8 Å². The second-order valence-electron chi connectivity index (χ2n) is 2.59. The highest BCUT2D eigenvalue weighted by atomic mass is 32.1. The van der Waals surface area contributed by atoms with Gasteiger partial charge in [-0.25, -0.2) is 4.98 Å². The molecule has 0 radical (unpaired) electrons. The molecule has 2 aromatic rings. The van der Waals surface area contributed by atoms with Crippen molar-refractivity contribution < 1.29 is 4.74 Å². The molecule has 2 nitrogen and oxygen atoms in total. The minimum absolute atomic E-state index is 0.867. The van der Waals surface area contributed by atoms with E-state index in [1.165, 1.54) is 0 Å². The lowest BCUT2D eigenvalue weighted by Gasteiger charge is -1.96. The summed E-state index contributed by atoms with van der Waals surface area (Å²) in [4.78, 5) is 4.35. The van der Waals surface area contributed by atoms with Crippen molar-refractivity contribution in [3.05, 3.63) is 29.8 Å². The minimum Gasteiger partial charge on any atom is -0.497 e. The summed E-state index contributed by atoms with van der Waals surface area (Å²) < 4.78 is 6.25. The lowest BCUT2D eigenvalue weighted by atomic mass is 10.3. The van der Waals surface area contributed by atoms with Crippen LogP contribution in [0.4, 0.5) is 0 Å². The molecular formula is C10H9NOS. The van der Waals surface area contributed by atoms with E-state index >= 15 is 0 Å². The topological polar surface area (TPSA) is 22.1 Å². The largest absolute Gasteiger partial charge is 0.497 e. The molecule has 0 aliphatic rings. The number of fused-ring (bicyclic) bond motifs is 1. The Balaban J connectivity index is 2.63. The van der Waals surface area contributed by atoms with Crippen molar-refractivity contribution in [2.75, 3.05) is 7.11 Å². The molecule has 0 fully saturated rings. The molecule has 0 aliphatic heterocycles. The lowest BCUT2D eigenvalue weighted by Crippen LogP contribution is -1.80. The Morgan fingerprint density at radius 1 is 1.54 bits per heavy atom. The van der Waals surface area contributed by atoms with E-state index in [4.69, 9.17) is 4.74 Å². The van der Waals surface area contributed by atoms with Crippen molar-refractivity contribution in [2.45, 2.75) is 0 Å². The Labute approximate surface area is 80.5 Å². The van der Waals surface area contributed by atoms with Crippen molar-refractivity contribution in [3.8, 4) is 5.75 Å². The van der Waals surface area contributed by atoms with Crippen LogP contribution in [-0.4, -0.2) is 12.1 Å². The number of nitrogens with zero attached hydrogens (tertiary/aromatic N) is 1. The van der Waals surface area contributed by atoms with Gasteiger partial charge in [0.05, 0.1) is 17.3 Å². The molecule has 1 aromatic heterocycles. The smallest absolute Gasteiger partial charge is 0.120 e. The summed E-state index contributed by atoms with van der Waals surface area (Å²) in [7, 11) is 1.66. The molecule has 0 bridgehead atoms. The predicted molar refractivity (Wildman–Crippen MR) is 56.3 cm³/mol. The molecule has 0 atom stereocenters.